The molecule has 1 heterocycles. The minimum atomic E-state index is 0.418. The van der Waals surface area contributed by atoms with Gasteiger partial charge >= 0.3 is 0 Å². The first kappa shape index (κ1) is 6.35. The summed E-state index contributed by atoms with van der Waals surface area (Å²) in [5.74, 6) is 0.494. The van der Waals surface area contributed by atoms with Crippen LogP contribution in [0.3, 0.4) is 0 Å². The van der Waals surface area contributed by atoms with E-state index in [-0.39, 0.29) is 0 Å². The van der Waals surface area contributed by atoms with Crippen molar-refractivity contribution in [3.05, 3.63) is 0 Å². The van der Waals surface area contributed by atoms with Crippen molar-refractivity contribution in [2.24, 2.45) is 5.92 Å². The number of ether oxygens (including phenoxy) is 1. The van der Waals surface area contributed by atoms with Crippen molar-refractivity contribution < 1.29 is 4.74 Å². The highest BCUT2D eigenvalue weighted by molar-refractivity contribution is 5.85. The van der Waals surface area contributed by atoms with E-state index in [1.807, 2.05) is 0 Å². The number of hydrogen-bond donors (Lipinski definition) is 1. The largest absolute Gasteiger partial charge is 0.378 e. The van der Waals surface area contributed by atoms with Gasteiger partial charge in [0.1, 0.15) is 0 Å². The van der Waals surface area contributed by atoms with Crippen molar-refractivity contribution in [1.82, 2.24) is 0 Å². The van der Waals surface area contributed by atoms with Gasteiger partial charge in [0.2, 0.25) is 0 Å². The highest BCUT2D eigenvalue weighted by Crippen LogP contribution is 2.31. The Hall–Kier alpha value is -0.370. The second kappa shape index (κ2) is 2.35. The predicted molar refractivity (Wildman–Crippen MR) is 39.4 cm³/mol. The summed E-state index contributed by atoms with van der Waals surface area (Å²) in [7, 11) is 0. The molecule has 1 saturated carbocycles. The maximum absolute atomic E-state index is 7.64. The summed E-state index contributed by atoms with van der Waals surface area (Å²) in [6.07, 6.45) is 4.89. The molecule has 1 aliphatic carbocycles. The zero-order valence-corrected chi connectivity index (χ0v) is 6.10. The Labute approximate surface area is 61.1 Å². The third-order valence-electron chi connectivity index (χ3n) is 2.59. The number of fused-ring (bicyclic) bond motifs is 1. The third-order valence-corrected chi connectivity index (χ3v) is 2.59. The monoisotopic (exact) mass is 139 g/mol. The fraction of sp³-hybridized carbons (Fsp3) is 0.875. The molecule has 2 heteroatoms. The van der Waals surface area contributed by atoms with Gasteiger partial charge in [-0.3, -0.25) is 0 Å². The molecular weight excluding hydrogens is 126 g/mol. The number of hydrogen-bond acceptors (Lipinski definition) is 2. The van der Waals surface area contributed by atoms with Crippen molar-refractivity contribution in [2.45, 2.75) is 31.8 Å². The van der Waals surface area contributed by atoms with Gasteiger partial charge in [-0.1, -0.05) is 0 Å². The van der Waals surface area contributed by atoms with Crippen LogP contribution in [0.15, 0.2) is 0 Å². The molecule has 2 fully saturated rings. The molecule has 2 aliphatic rings. The smallest absolute Gasteiger partial charge is 0.0656 e. The van der Waals surface area contributed by atoms with Crippen LogP contribution in [-0.2, 0) is 4.74 Å². The van der Waals surface area contributed by atoms with Crippen LogP contribution in [0.25, 0.3) is 0 Å². The van der Waals surface area contributed by atoms with Gasteiger partial charge < -0.3 is 10.1 Å². The summed E-state index contributed by atoms with van der Waals surface area (Å²) in [5.41, 5.74) is 0.939. The van der Waals surface area contributed by atoms with Gasteiger partial charge in [-0.2, -0.15) is 0 Å². The molecule has 2 unspecified atom stereocenters. The van der Waals surface area contributed by atoms with Crippen molar-refractivity contribution in [1.29, 1.82) is 5.41 Å². The molecular formula is C8H13NO. The topological polar surface area (TPSA) is 33.1 Å². The average molecular weight is 139 g/mol. The van der Waals surface area contributed by atoms with Crippen LogP contribution < -0.4 is 0 Å². The lowest BCUT2D eigenvalue weighted by Crippen LogP contribution is -2.28. The molecule has 0 bridgehead atoms. The van der Waals surface area contributed by atoms with Crippen LogP contribution in [-0.4, -0.2) is 18.4 Å². The average Bonchev–Trinajstić information content (AvgIpc) is 2.36. The van der Waals surface area contributed by atoms with Crippen LogP contribution in [0, 0.1) is 11.3 Å². The molecule has 0 aromatic carbocycles. The Morgan fingerprint density at radius 3 is 3.10 bits per heavy atom. The summed E-state index contributed by atoms with van der Waals surface area (Å²) in [6, 6.07) is 0. The van der Waals surface area contributed by atoms with Gasteiger partial charge in [-0.25, -0.2) is 0 Å². The molecule has 2 nitrogen and oxygen atoms in total. The van der Waals surface area contributed by atoms with Crippen LogP contribution in [0.4, 0.5) is 0 Å². The molecule has 2 atom stereocenters. The van der Waals surface area contributed by atoms with Crippen LogP contribution in [0.5, 0.6) is 0 Å². The molecule has 1 aliphatic heterocycles. The van der Waals surface area contributed by atoms with E-state index in [1.165, 1.54) is 12.8 Å². The standard InChI is InChI=1S/C8H13NO/c9-7-2-1-3-8-6(7)4-5-10-8/h6,8-9H,1-5H2. The summed E-state index contributed by atoms with van der Waals surface area (Å²) >= 11 is 0. The quantitative estimate of drug-likeness (QED) is 0.543. The van der Waals surface area contributed by atoms with E-state index in [4.69, 9.17) is 10.1 Å². The second-order valence-electron chi connectivity index (χ2n) is 3.22. The van der Waals surface area contributed by atoms with E-state index < -0.39 is 0 Å². The molecule has 10 heavy (non-hydrogen) atoms. The van der Waals surface area contributed by atoms with Gasteiger partial charge in [0.05, 0.1) is 6.10 Å². The zero-order valence-electron chi connectivity index (χ0n) is 6.10. The molecule has 0 aromatic rings. The number of rotatable bonds is 0. The van der Waals surface area contributed by atoms with Crippen molar-refractivity contribution in [2.75, 3.05) is 6.61 Å². The molecule has 0 radical (unpaired) electrons. The lowest BCUT2D eigenvalue weighted by atomic mass is 9.84. The first-order valence-corrected chi connectivity index (χ1v) is 4.07. The van der Waals surface area contributed by atoms with Crippen molar-refractivity contribution in [3.8, 4) is 0 Å². The second-order valence-corrected chi connectivity index (χ2v) is 3.22. The molecule has 2 rings (SSSR count). The van der Waals surface area contributed by atoms with Crippen molar-refractivity contribution in [3.63, 3.8) is 0 Å². The minimum absolute atomic E-state index is 0.418. The Kier molecular flexibility index (Phi) is 1.49. The lowest BCUT2D eigenvalue weighted by molar-refractivity contribution is 0.0885. The molecule has 1 saturated heterocycles. The molecule has 56 valence electrons. The van der Waals surface area contributed by atoms with Gasteiger partial charge in [0, 0.05) is 18.2 Å². The molecule has 1 N–H and O–H groups in total. The molecule has 0 spiro atoms. The number of nitrogens with one attached hydrogen (secondary N) is 1. The fourth-order valence-electron chi connectivity index (χ4n) is 2.01. The van der Waals surface area contributed by atoms with Gasteiger partial charge in [-0.05, 0) is 25.7 Å². The SMILES string of the molecule is N=C1CCCC2OCCC12. The first-order valence-electron chi connectivity index (χ1n) is 4.07. The molecule has 0 aromatic heterocycles. The van der Waals surface area contributed by atoms with Crippen LogP contribution in [0.2, 0.25) is 0 Å². The molecule has 0 amide bonds. The Bertz CT molecular complexity index is 155. The van der Waals surface area contributed by atoms with Gasteiger partial charge in [0.25, 0.3) is 0 Å². The van der Waals surface area contributed by atoms with E-state index in [1.54, 1.807) is 0 Å². The normalized spacial score (nSPS) is 39.8. The first-order chi connectivity index (χ1) is 4.88. The zero-order chi connectivity index (χ0) is 6.97. The predicted octanol–water partition coefficient (Wildman–Crippen LogP) is 1.60. The summed E-state index contributed by atoms with van der Waals surface area (Å²) < 4.78 is 5.49. The lowest BCUT2D eigenvalue weighted by Gasteiger charge is -2.24. The Morgan fingerprint density at radius 2 is 2.30 bits per heavy atom. The maximum Gasteiger partial charge on any atom is 0.0656 e. The van der Waals surface area contributed by atoms with Gasteiger partial charge in [-0.15, -0.1) is 0 Å². The van der Waals surface area contributed by atoms with E-state index in [9.17, 15) is 0 Å². The van der Waals surface area contributed by atoms with E-state index in [0.29, 0.717) is 12.0 Å². The van der Waals surface area contributed by atoms with Crippen LogP contribution >= 0.6 is 0 Å². The van der Waals surface area contributed by atoms with Crippen LogP contribution in [0.1, 0.15) is 25.7 Å². The minimum Gasteiger partial charge on any atom is -0.378 e. The summed E-state index contributed by atoms with van der Waals surface area (Å²) in [4.78, 5) is 0. The summed E-state index contributed by atoms with van der Waals surface area (Å²) in [6.45, 7) is 0.887. The Balaban J connectivity index is 2.10. The highest BCUT2D eigenvalue weighted by Gasteiger charge is 2.33. The fourth-order valence-corrected chi connectivity index (χ4v) is 2.01. The third kappa shape index (κ3) is 0.870. The van der Waals surface area contributed by atoms with Crippen molar-refractivity contribution >= 4 is 5.71 Å². The highest BCUT2D eigenvalue weighted by atomic mass is 16.5. The maximum atomic E-state index is 7.64. The van der Waals surface area contributed by atoms with E-state index in [2.05, 4.69) is 0 Å². The Morgan fingerprint density at radius 1 is 1.40 bits per heavy atom. The van der Waals surface area contributed by atoms with Gasteiger partial charge in [0.15, 0.2) is 0 Å². The van der Waals surface area contributed by atoms with E-state index >= 15 is 0 Å². The summed E-state index contributed by atoms with van der Waals surface area (Å²) in [5, 5.41) is 7.64. The van der Waals surface area contributed by atoms with E-state index in [0.717, 1.165) is 25.2 Å².